The average Bonchev–Trinajstić information content (AvgIpc) is 3.51. The zero-order valence-corrected chi connectivity index (χ0v) is 33.2. The summed E-state index contributed by atoms with van der Waals surface area (Å²) in [6, 6.07) is 71.0. The zero-order chi connectivity index (χ0) is 39.9. The Morgan fingerprint density at radius 2 is 1.02 bits per heavy atom. The van der Waals surface area contributed by atoms with Gasteiger partial charge in [-0.25, -0.2) is 0 Å². The molecule has 0 atom stereocenters. The second-order valence-corrected chi connectivity index (χ2v) is 16.0. The predicted molar refractivity (Wildman–Crippen MR) is 251 cm³/mol. The number of benzene rings is 9. The Morgan fingerprint density at radius 1 is 0.441 bits per heavy atom. The number of nitrogens with one attached hydrogen (secondary N) is 1. The molecule has 0 unspecified atom stereocenters. The van der Waals surface area contributed by atoms with Crippen LogP contribution in [0.25, 0.3) is 71.7 Å². The fourth-order valence-corrected chi connectivity index (χ4v) is 8.81. The van der Waals surface area contributed by atoms with E-state index in [1.807, 2.05) is 48.7 Å². The van der Waals surface area contributed by atoms with Crippen molar-refractivity contribution in [1.82, 2.24) is 0 Å². The van der Waals surface area contributed by atoms with Gasteiger partial charge in [0.1, 0.15) is 0 Å². The Balaban J connectivity index is 0.983. The number of hydrogen-bond acceptors (Lipinski definition) is 2. The fourth-order valence-electron chi connectivity index (χ4n) is 8.81. The van der Waals surface area contributed by atoms with E-state index in [2.05, 4.69) is 178 Å². The maximum atomic E-state index is 8.99. The molecule has 0 aromatic heterocycles. The van der Waals surface area contributed by atoms with Gasteiger partial charge < -0.3 is 5.41 Å². The third kappa shape index (κ3) is 6.69. The quantitative estimate of drug-likeness (QED) is 0.150. The molecule has 0 spiro atoms. The van der Waals surface area contributed by atoms with Gasteiger partial charge in [0, 0.05) is 22.8 Å². The summed E-state index contributed by atoms with van der Waals surface area (Å²) in [6.07, 6.45) is 3.82. The first-order valence-electron chi connectivity index (χ1n) is 20.3. The smallest absolute Gasteiger partial charge is 0.0723 e. The molecule has 59 heavy (non-hydrogen) atoms. The lowest BCUT2D eigenvalue weighted by Crippen LogP contribution is -2.14. The van der Waals surface area contributed by atoms with Crippen LogP contribution in [-0.2, 0) is 5.41 Å². The molecule has 10 rings (SSSR count). The van der Waals surface area contributed by atoms with Crippen LogP contribution in [0, 0.1) is 5.41 Å². The van der Waals surface area contributed by atoms with Gasteiger partial charge in [0.15, 0.2) is 0 Å². The summed E-state index contributed by atoms with van der Waals surface area (Å²) < 4.78 is 0. The van der Waals surface area contributed by atoms with E-state index in [9.17, 15) is 0 Å². The van der Waals surface area contributed by atoms with Gasteiger partial charge >= 0.3 is 0 Å². The molecule has 1 N–H and O–H groups in total. The van der Waals surface area contributed by atoms with Crippen molar-refractivity contribution in [1.29, 1.82) is 5.41 Å². The highest BCUT2D eigenvalue weighted by molar-refractivity contribution is 6.12. The Morgan fingerprint density at radius 3 is 1.80 bits per heavy atom. The van der Waals surface area contributed by atoms with Gasteiger partial charge in [-0.1, -0.05) is 190 Å². The van der Waals surface area contributed by atoms with E-state index in [0.29, 0.717) is 5.71 Å². The second-order valence-electron chi connectivity index (χ2n) is 16.0. The van der Waals surface area contributed by atoms with E-state index < -0.39 is 0 Å². The molecule has 0 amide bonds. The van der Waals surface area contributed by atoms with Gasteiger partial charge in [-0.05, 0) is 113 Å². The van der Waals surface area contributed by atoms with Crippen LogP contribution in [-0.4, -0.2) is 11.9 Å². The Hall–Kier alpha value is -7.42. The van der Waals surface area contributed by atoms with E-state index in [0.717, 1.165) is 38.9 Å². The maximum absolute atomic E-state index is 8.99. The second kappa shape index (κ2) is 14.8. The lowest BCUT2D eigenvalue weighted by molar-refractivity contribution is 0.661. The van der Waals surface area contributed by atoms with Crippen molar-refractivity contribution in [2.45, 2.75) is 19.3 Å². The molecule has 0 bridgehead atoms. The Bertz CT molecular complexity index is 3110. The Labute approximate surface area is 346 Å². The summed E-state index contributed by atoms with van der Waals surface area (Å²) in [5.41, 5.74) is 16.4. The summed E-state index contributed by atoms with van der Waals surface area (Å²) in [5.74, 6) is 0. The van der Waals surface area contributed by atoms with Crippen LogP contribution in [0.3, 0.4) is 0 Å². The molecule has 2 nitrogen and oxygen atoms in total. The lowest BCUT2D eigenvalue weighted by Gasteiger charge is -2.22. The van der Waals surface area contributed by atoms with E-state index in [1.165, 1.54) is 60.7 Å². The topological polar surface area (TPSA) is 36.2 Å². The average molecular weight is 755 g/mol. The first-order valence-corrected chi connectivity index (χ1v) is 20.3. The van der Waals surface area contributed by atoms with Crippen LogP contribution in [0.2, 0.25) is 0 Å². The van der Waals surface area contributed by atoms with Gasteiger partial charge in [-0.2, -0.15) is 0 Å². The van der Waals surface area contributed by atoms with Crippen molar-refractivity contribution < 1.29 is 0 Å². The van der Waals surface area contributed by atoms with Crippen molar-refractivity contribution in [3.8, 4) is 44.5 Å². The molecule has 0 heterocycles. The maximum Gasteiger partial charge on any atom is 0.0723 e. The first-order chi connectivity index (χ1) is 28.9. The molecule has 0 aliphatic heterocycles. The molecule has 280 valence electrons. The SMILES string of the molecule is CC1(C)c2ccc(-c3ccc(-c4ccc(C=N/C(=C\C(=N)c5ccccc5)c5cccc(-c6ccccc6)c5)c5ccccc45)cc3)cc2-c2cc3ccccc3cc21. The molecular weight excluding hydrogens is 713 g/mol. The molecule has 1 aliphatic carbocycles. The number of aliphatic imine (C=N–C) groups is 1. The summed E-state index contributed by atoms with van der Waals surface area (Å²) in [6.45, 7) is 4.70. The summed E-state index contributed by atoms with van der Waals surface area (Å²) >= 11 is 0. The van der Waals surface area contributed by atoms with E-state index >= 15 is 0 Å². The van der Waals surface area contributed by atoms with Gasteiger partial charge in [-0.15, -0.1) is 0 Å². The van der Waals surface area contributed by atoms with Gasteiger partial charge in [0.25, 0.3) is 0 Å². The third-order valence-corrected chi connectivity index (χ3v) is 12.0. The van der Waals surface area contributed by atoms with E-state index in [1.54, 1.807) is 0 Å². The highest BCUT2D eigenvalue weighted by atomic mass is 14.7. The molecule has 0 fully saturated rings. The molecular formula is C57H42N2. The molecule has 0 radical (unpaired) electrons. The first kappa shape index (κ1) is 36.0. The molecule has 9 aromatic rings. The van der Waals surface area contributed by atoms with Crippen molar-refractivity contribution in [3.05, 3.63) is 234 Å². The molecule has 1 aliphatic rings. The van der Waals surface area contributed by atoms with Gasteiger partial charge in [0.05, 0.1) is 11.4 Å². The largest absolute Gasteiger partial charge is 0.300 e. The predicted octanol–water partition coefficient (Wildman–Crippen LogP) is 14.8. The minimum Gasteiger partial charge on any atom is -0.300 e. The number of rotatable bonds is 8. The van der Waals surface area contributed by atoms with Crippen molar-refractivity contribution >= 4 is 39.2 Å². The van der Waals surface area contributed by atoms with Crippen molar-refractivity contribution in [2.24, 2.45) is 4.99 Å². The number of allylic oxidation sites excluding steroid dienone is 1. The van der Waals surface area contributed by atoms with Crippen LogP contribution in [0.15, 0.2) is 211 Å². The van der Waals surface area contributed by atoms with Crippen LogP contribution >= 0.6 is 0 Å². The van der Waals surface area contributed by atoms with Gasteiger partial charge in [0.2, 0.25) is 0 Å². The standard InChI is InChI=1S/C57H42N2/c1-57(2)53-31-29-45(34-51(53)52-33-43-18-9-10-19-44(43)35-54(52)57)39-24-26-40(27-25-39)49-30-28-47(48-22-11-12-23-50(48)49)37-59-56(36-55(58)41-16-7-4-8-17-41)46-21-13-20-42(32-46)38-14-5-3-6-15-38/h3-37,58H,1-2H3/b56-36-,58-55?,59-37?. The van der Waals surface area contributed by atoms with Gasteiger partial charge in [-0.3, -0.25) is 4.99 Å². The van der Waals surface area contributed by atoms with Crippen LogP contribution in [0.1, 0.15) is 41.7 Å². The van der Waals surface area contributed by atoms with Crippen LogP contribution in [0.5, 0.6) is 0 Å². The minimum atomic E-state index is -0.0501. The molecule has 2 heteroatoms. The summed E-state index contributed by atoms with van der Waals surface area (Å²) in [5, 5.41) is 13.9. The number of nitrogens with zero attached hydrogens (tertiary/aromatic N) is 1. The number of hydrogen-bond donors (Lipinski definition) is 1. The minimum absolute atomic E-state index is 0.0501. The highest BCUT2D eigenvalue weighted by Crippen LogP contribution is 2.51. The molecule has 9 aromatic carbocycles. The normalized spacial score (nSPS) is 13.2. The fraction of sp³-hybridized carbons (Fsp3) is 0.0526. The van der Waals surface area contributed by atoms with Crippen LogP contribution < -0.4 is 0 Å². The zero-order valence-electron chi connectivity index (χ0n) is 33.2. The van der Waals surface area contributed by atoms with Crippen molar-refractivity contribution in [2.75, 3.05) is 0 Å². The molecule has 0 saturated carbocycles. The van der Waals surface area contributed by atoms with E-state index in [-0.39, 0.29) is 5.41 Å². The highest BCUT2D eigenvalue weighted by Gasteiger charge is 2.35. The molecule has 0 saturated heterocycles. The monoisotopic (exact) mass is 754 g/mol. The lowest BCUT2D eigenvalue weighted by atomic mass is 9.81. The Kier molecular flexibility index (Phi) is 9.03. The number of fused-ring (bicyclic) bond motifs is 5. The van der Waals surface area contributed by atoms with E-state index in [4.69, 9.17) is 10.4 Å². The summed E-state index contributed by atoms with van der Waals surface area (Å²) in [4.78, 5) is 5.12. The van der Waals surface area contributed by atoms with Crippen LogP contribution in [0.4, 0.5) is 0 Å². The van der Waals surface area contributed by atoms with Crippen molar-refractivity contribution in [3.63, 3.8) is 0 Å². The summed E-state index contributed by atoms with van der Waals surface area (Å²) in [7, 11) is 0. The third-order valence-electron chi connectivity index (χ3n) is 12.0.